The number of rotatable bonds is 3. The molecule has 0 atom stereocenters. The molecule has 80 valence electrons. The summed E-state index contributed by atoms with van der Waals surface area (Å²) in [5.41, 5.74) is 8.99. The lowest BCUT2D eigenvalue weighted by molar-refractivity contribution is 1.15. The van der Waals surface area contributed by atoms with Crippen molar-refractivity contribution in [1.82, 2.24) is 4.98 Å². The van der Waals surface area contributed by atoms with Gasteiger partial charge in [0, 0.05) is 18.9 Å². The van der Waals surface area contributed by atoms with Gasteiger partial charge in [-0.15, -0.1) is 0 Å². The second kappa shape index (κ2) is 4.41. The molecular formula is C12H12N4. The van der Waals surface area contributed by atoms with Crippen molar-refractivity contribution in [3.05, 3.63) is 47.8 Å². The summed E-state index contributed by atoms with van der Waals surface area (Å²) >= 11 is 0. The van der Waals surface area contributed by atoms with Crippen LogP contribution in [-0.2, 0) is 6.54 Å². The van der Waals surface area contributed by atoms with E-state index >= 15 is 0 Å². The minimum absolute atomic E-state index is 0.603. The molecule has 4 N–H and O–H groups in total. The molecule has 0 saturated heterocycles. The molecule has 4 nitrogen and oxygen atoms in total. The van der Waals surface area contributed by atoms with Crippen LogP contribution in [0, 0.1) is 11.3 Å². The summed E-state index contributed by atoms with van der Waals surface area (Å²) in [6, 6.07) is 9.26. The van der Waals surface area contributed by atoms with Crippen molar-refractivity contribution in [2.75, 3.05) is 11.1 Å². The fourth-order valence-electron chi connectivity index (χ4n) is 1.44. The summed E-state index contributed by atoms with van der Waals surface area (Å²) in [7, 11) is 0. The Morgan fingerprint density at radius 2 is 2.25 bits per heavy atom. The van der Waals surface area contributed by atoms with E-state index in [-0.39, 0.29) is 0 Å². The zero-order valence-electron chi connectivity index (χ0n) is 8.70. The Morgan fingerprint density at radius 3 is 2.94 bits per heavy atom. The number of H-pyrrole nitrogens is 1. The Labute approximate surface area is 93.7 Å². The SMILES string of the molecule is N#Cc1ccc(N)c(NCc2cc[nH]c2)c1. The zero-order chi connectivity index (χ0) is 11.4. The van der Waals surface area contributed by atoms with E-state index < -0.39 is 0 Å². The van der Waals surface area contributed by atoms with Gasteiger partial charge in [-0.05, 0) is 29.8 Å². The van der Waals surface area contributed by atoms with Gasteiger partial charge in [-0.3, -0.25) is 0 Å². The van der Waals surface area contributed by atoms with E-state index in [2.05, 4.69) is 16.4 Å². The molecule has 0 bridgehead atoms. The quantitative estimate of drug-likeness (QED) is 0.681. The van der Waals surface area contributed by atoms with E-state index in [0.717, 1.165) is 11.3 Å². The maximum absolute atomic E-state index is 8.78. The van der Waals surface area contributed by atoms with Crippen LogP contribution in [0.15, 0.2) is 36.7 Å². The standard InChI is InChI=1S/C12H12N4/c13-6-9-1-2-11(14)12(5-9)16-8-10-3-4-15-7-10/h1-5,7,15-16H,8,14H2. The van der Waals surface area contributed by atoms with E-state index in [1.807, 2.05) is 18.5 Å². The van der Waals surface area contributed by atoms with Crippen LogP contribution in [0.4, 0.5) is 11.4 Å². The van der Waals surface area contributed by atoms with Crippen LogP contribution >= 0.6 is 0 Å². The van der Waals surface area contributed by atoms with Crippen LogP contribution in [0.25, 0.3) is 0 Å². The van der Waals surface area contributed by atoms with Crippen molar-refractivity contribution in [1.29, 1.82) is 5.26 Å². The first-order valence-corrected chi connectivity index (χ1v) is 4.95. The maximum atomic E-state index is 8.78. The predicted molar refractivity (Wildman–Crippen MR) is 63.7 cm³/mol. The lowest BCUT2D eigenvalue weighted by Gasteiger charge is -2.08. The van der Waals surface area contributed by atoms with Crippen molar-refractivity contribution in [3.8, 4) is 6.07 Å². The molecule has 0 saturated carbocycles. The lowest BCUT2D eigenvalue weighted by atomic mass is 10.2. The zero-order valence-corrected chi connectivity index (χ0v) is 8.70. The highest BCUT2D eigenvalue weighted by Gasteiger charge is 2.00. The van der Waals surface area contributed by atoms with Crippen LogP contribution < -0.4 is 11.1 Å². The first-order chi connectivity index (χ1) is 7.79. The smallest absolute Gasteiger partial charge is 0.0992 e. The molecule has 2 rings (SSSR count). The molecule has 0 radical (unpaired) electrons. The Morgan fingerprint density at radius 1 is 1.38 bits per heavy atom. The molecule has 0 amide bonds. The molecule has 1 aromatic carbocycles. The maximum Gasteiger partial charge on any atom is 0.0992 e. The fraction of sp³-hybridized carbons (Fsp3) is 0.0833. The number of hydrogen-bond acceptors (Lipinski definition) is 3. The average Bonchev–Trinajstić information content (AvgIpc) is 2.81. The summed E-state index contributed by atoms with van der Waals surface area (Å²) in [6.45, 7) is 0.683. The second-order valence-electron chi connectivity index (χ2n) is 3.49. The fourth-order valence-corrected chi connectivity index (χ4v) is 1.44. The minimum Gasteiger partial charge on any atom is -0.397 e. The molecule has 16 heavy (non-hydrogen) atoms. The van der Waals surface area contributed by atoms with Gasteiger partial charge >= 0.3 is 0 Å². The number of aromatic amines is 1. The number of hydrogen-bond donors (Lipinski definition) is 3. The third kappa shape index (κ3) is 2.15. The van der Waals surface area contributed by atoms with Gasteiger partial charge in [-0.25, -0.2) is 0 Å². The van der Waals surface area contributed by atoms with Crippen molar-refractivity contribution in [3.63, 3.8) is 0 Å². The van der Waals surface area contributed by atoms with Gasteiger partial charge in [0.15, 0.2) is 0 Å². The van der Waals surface area contributed by atoms with Gasteiger partial charge in [0.05, 0.1) is 23.0 Å². The molecule has 0 aliphatic rings. The van der Waals surface area contributed by atoms with Crippen LogP contribution in [0.1, 0.15) is 11.1 Å². The molecule has 0 aliphatic heterocycles. The number of nitrogens with one attached hydrogen (secondary N) is 2. The van der Waals surface area contributed by atoms with Crippen LogP contribution in [0.2, 0.25) is 0 Å². The van der Waals surface area contributed by atoms with Gasteiger partial charge in [0.25, 0.3) is 0 Å². The Kier molecular flexibility index (Phi) is 2.79. The highest BCUT2D eigenvalue weighted by molar-refractivity contribution is 5.68. The Bertz CT molecular complexity index is 508. The Hall–Kier alpha value is -2.41. The molecular weight excluding hydrogens is 200 g/mol. The third-order valence-electron chi connectivity index (χ3n) is 2.33. The first-order valence-electron chi connectivity index (χ1n) is 4.95. The number of nitrogen functional groups attached to an aromatic ring is 1. The van der Waals surface area contributed by atoms with E-state index in [9.17, 15) is 0 Å². The van der Waals surface area contributed by atoms with Crippen LogP contribution in [-0.4, -0.2) is 4.98 Å². The van der Waals surface area contributed by atoms with E-state index in [1.54, 1.807) is 18.2 Å². The van der Waals surface area contributed by atoms with Crippen molar-refractivity contribution >= 4 is 11.4 Å². The summed E-state index contributed by atoms with van der Waals surface area (Å²) in [5.74, 6) is 0. The summed E-state index contributed by atoms with van der Waals surface area (Å²) in [5, 5.41) is 12.0. The summed E-state index contributed by atoms with van der Waals surface area (Å²) < 4.78 is 0. The molecule has 1 heterocycles. The average molecular weight is 212 g/mol. The van der Waals surface area contributed by atoms with E-state index in [4.69, 9.17) is 11.0 Å². The van der Waals surface area contributed by atoms with Crippen LogP contribution in [0.5, 0.6) is 0 Å². The molecule has 0 fully saturated rings. The molecule has 0 spiro atoms. The van der Waals surface area contributed by atoms with Crippen molar-refractivity contribution < 1.29 is 0 Å². The van der Waals surface area contributed by atoms with Crippen molar-refractivity contribution in [2.45, 2.75) is 6.54 Å². The highest BCUT2D eigenvalue weighted by atomic mass is 14.9. The predicted octanol–water partition coefficient (Wildman–Crippen LogP) is 2.08. The molecule has 0 unspecified atom stereocenters. The van der Waals surface area contributed by atoms with E-state index in [0.29, 0.717) is 17.8 Å². The normalized spacial score (nSPS) is 9.69. The van der Waals surface area contributed by atoms with E-state index in [1.165, 1.54) is 0 Å². The third-order valence-corrected chi connectivity index (χ3v) is 2.33. The molecule has 4 heteroatoms. The minimum atomic E-state index is 0.603. The number of anilines is 2. The molecule has 0 aliphatic carbocycles. The summed E-state index contributed by atoms with van der Waals surface area (Å²) in [6.07, 6.45) is 3.78. The number of benzene rings is 1. The number of nitrogens with zero attached hydrogens (tertiary/aromatic N) is 1. The van der Waals surface area contributed by atoms with Gasteiger partial charge in [0.2, 0.25) is 0 Å². The van der Waals surface area contributed by atoms with Gasteiger partial charge in [-0.1, -0.05) is 0 Å². The number of nitriles is 1. The van der Waals surface area contributed by atoms with Crippen molar-refractivity contribution in [2.24, 2.45) is 0 Å². The first kappa shape index (κ1) is 10.1. The highest BCUT2D eigenvalue weighted by Crippen LogP contribution is 2.20. The number of nitrogens with two attached hydrogens (primary N) is 1. The van der Waals surface area contributed by atoms with Gasteiger partial charge < -0.3 is 16.0 Å². The lowest BCUT2D eigenvalue weighted by Crippen LogP contribution is -2.02. The van der Waals surface area contributed by atoms with Gasteiger partial charge in [0.1, 0.15) is 0 Å². The largest absolute Gasteiger partial charge is 0.397 e. The monoisotopic (exact) mass is 212 g/mol. The molecule has 1 aromatic heterocycles. The topological polar surface area (TPSA) is 77.6 Å². The van der Waals surface area contributed by atoms with Crippen LogP contribution in [0.3, 0.4) is 0 Å². The summed E-state index contributed by atoms with van der Waals surface area (Å²) in [4.78, 5) is 2.98. The number of aromatic nitrogens is 1. The Balaban J connectivity index is 2.12. The van der Waals surface area contributed by atoms with Gasteiger partial charge in [-0.2, -0.15) is 5.26 Å². The second-order valence-corrected chi connectivity index (χ2v) is 3.49. The molecule has 2 aromatic rings.